The summed E-state index contributed by atoms with van der Waals surface area (Å²) in [5.41, 5.74) is 0.370. The van der Waals surface area contributed by atoms with Crippen LogP contribution in [0.3, 0.4) is 0 Å². The topological polar surface area (TPSA) is 54.5 Å². The molecule has 0 amide bonds. The number of hydrogen-bond acceptors (Lipinski definition) is 6. The molecule has 0 spiro atoms. The fourth-order valence-corrected chi connectivity index (χ4v) is 2.20. The van der Waals surface area contributed by atoms with Gasteiger partial charge in [-0.05, 0) is 40.3 Å². The summed E-state index contributed by atoms with van der Waals surface area (Å²) in [6.45, 7) is 6.37. The molecule has 0 aliphatic carbocycles. The average Bonchev–Trinajstić information content (AvgIpc) is 2.85. The van der Waals surface area contributed by atoms with Gasteiger partial charge in [0.15, 0.2) is 10.8 Å². The molecular formula is C13H23N3O2S. The van der Waals surface area contributed by atoms with Crippen LogP contribution in [0.1, 0.15) is 37.2 Å². The summed E-state index contributed by atoms with van der Waals surface area (Å²) < 4.78 is 4.61. The second-order valence-corrected chi connectivity index (χ2v) is 5.60. The molecule has 1 aromatic heterocycles. The van der Waals surface area contributed by atoms with Crippen LogP contribution in [0.4, 0.5) is 5.13 Å². The molecule has 0 bridgehead atoms. The lowest BCUT2D eigenvalue weighted by Gasteiger charge is -2.20. The number of rotatable bonds is 8. The number of carbonyl (C=O) groups excluding carboxylic acids is 1. The predicted octanol–water partition coefficient (Wildman–Crippen LogP) is 2.46. The number of carbonyl (C=O) groups is 1. The smallest absolute Gasteiger partial charge is 0.357 e. The summed E-state index contributed by atoms with van der Waals surface area (Å²) in [7, 11) is 3.50. The van der Waals surface area contributed by atoms with Crippen LogP contribution in [-0.4, -0.2) is 49.1 Å². The number of thiazole rings is 1. The van der Waals surface area contributed by atoms with Crippen LogP contribution in [0.2, 0.25) is 0 Å². The van der Waals surface area contributed by atoms with Gasteiger partial charge < -0.3 is 15.0 Å². The molecule has 5 nitrogen and oxygen atoms in total. The van der Waals surface area contributed by atoms with Gasteiger partial charge in [0.1, 0.15) is 0 Å². The maximum Gasteiger partial charge on any atom is 0.357 e. The van der Waals surface area contributed by atoms with Crippen LogP contribution < -0.4 is 5.32 Å². The molecule has 0 fully saturated rings. The lowest BCUT2D eigenvalue weighted by atomic mass is 10.2. The molecule has 0 aliphatic rings. The Kier molecular flexibility index (Phi) is 6.80. The summed E-state index contributed by atoms with van der Waals surface area (Å²) in [6, 6.07) is 0.592. The van der Waals surface area contributed by atoms with E-state index in [0.29, 0.717) is 11.7 Å². The fraction of sp³-hybridized carbons (Fsp3) is 0.692. The molecule has 0 aromatic carbocycles. The molecule has 0 atom stereocenters. The van der Waals surface area contributed by atoms with Gasteiger partial charge in [0.05, 0.1) is 7.11 Å². The number of methoxy groups -OCH3 is 1. The molecule has 1 heterocycles. The van der Waals surface area contributed by atoms with Crippen LogP contribution in [0.5, 0.6) is 0 Å². The number of unbranched alkanes of at least 4 members (excludes halogenated alkanes) is 1. The van der Waals surface area contributed by atoms with Crippen molar-refractivity contribution in [3.05, 3.63) is 11.1 Å². The van der Waals surface area contributed by atoms with E-state index in [1.165, 1.54) is 18.4 Å². The van der Waals surface area contributed by atoms with E-state index < -0.39 is 0 Å². The van der Waals surface area contributed by atoms with E-state index in [-0.39, 0.29) is 5.97 Å². The molecule has 1 rings (SSSR count). The molecule has 6 heteroatoms. The van der Waals surface area contributed by atoms with Crippen LogP contribution >= 0.6 is 11.3 Å². The van der Waals surface area contributed by atoms with Crippen molar-refractivity contribution in [1.82, 2.24) is 9.88 Å². The van der Waals surface area contributed by atoms with Crippen molar-refractivity contribution in [1.29, 1.82) is 0 Å². The van der Waals surface area contributed by atoms with E-state index in [1.807, 2.05) is 0 Å². The minimum absolute atomic E-state index is 0.370. The molecule has 1 aromatic rings. The molecule has 1 N–H and O–H groups in total. The Labute approximate surface area is 119 Å². The Morgan fingerprint density at radius 3 is 2.89 bits per heavy atom. The van der Waals surface area contributed by atoms with E-state index in [9.17, 15) is 4.79 Å². The highest BCUT2D eigenvalue weighted by atomic mass is 32.1. The number of hydrogen-bond donors (Lipinski definition) is 1. The van der Waals surface area contributed by atoms with Crippen LogP contribution in [0.25, 0.3) is 0 Å². The zero-order chi connectivity index (χ0) is 14.3. The summed E-state index contributed by atoms with van der Waals surface area (Å²) in [4.78, 5) is 17.7. The highest BCUT2D eigenvalue weighted by Gasteiger charge is 2.10. The van der Waals surface area contributed by atoms with E-state index in [0.717, 1.165) is 31.1 Å². The van der Waals surface area contributed by atoms with E-state index >= 15 is 0 Å². The number of nitrogens with one attached hydrogen (secondary N) is 1. The predicted molar refractivity (Wildman–Crippen MR) is 78.9 cm³/mol. The van der Waals surface area contributed by atoms with Crippen molar-refractivity contribution in [2.24, 2.45) is 0 Å². The molecule has 0 unspecified atom stereocenters. The first kappa shape index (κ1) is 15.9. The van der Waals surface area contributed by atoms with E-state index in [4.69, 9.17) is 0 Å². The fourth-order valence-electron chi connectivity index (χ4n) is 1.49. The van der Waals surface area contributed by atoms with Gasteiger partial charge in [-0.1, -0.05) is 0 Å². The summed E-state index contributed by atoms with van der Waals surface area (Å²) in [5, 5.41) is 5.71. The van der Waals surface area contributed by atoms with Gasteiger partial charge in [-0.25, -0.2) is 9.78 Å². The number of anilines is 1. The largest absolute Gasteiger partial charge is 0.464 e. The molecule has 108 valence electrons. The lowest BCUT2D eigenvalue weighted by Crippen LogP contribution is -2.27. The van der Waals surface area contributed by atoms with Gasteiger partial charge in [0.2, 0.25) is 0 Å². The highest BCUT2D eigenvalue weighted by molar-refractivity contribution is 7.13. The Morgan fingerprint density at radius 1 is 1.53 bits per heavy atom. The lowest BCUT2D eigenvalue weighted by molar-refractivity contribution is 0.0595. The summed E-state index contributed by atoms with van der Waals surface area (Å²) in [5.74, 6) is -0.386. The normalized spacial score (nSPS) is 11.1. The molecule has 0 saturated heterocycles. The summed E-state index contributed by atoms with van der Waals surface area (Å²) in [6.07, 6.45) is 2.24. The quantitative estimate of drug-likeness (QED) is 0.587. The maximum absolute atomic E-state index is 11.2. The van der Waals surface area contributed by atoms with Gasteiger partial charge in [-0.15, -0.1) is 11.3 Å². The Morgan fingerprint density at radius 2 is 2.26 bits per heavy atom. The van der Waals surface area contributed by atoms with E-state index in [1.54, 1.807) is 5.38 Å². The maximum atomic E-state index is 11.2. The van der Waals surface area contributed by atoms with Gasteiger partial charge in [-0.2, -0.15) is 0 Å². The standard InChI is InChI=1S/C13H23N3O2S/c1-10(2)16(3)8-6-5-7-14-13-15-11(9-19-13)12(17)18-4/h9-10H,5-8H2,1-4H3,(H,14,15). The first-order valence-corrected chi connectivity index (χ1v) is 7.40. The number of esters is 1. The number of ether oxygens (including phenoxy) is 1. The van der Waals surface area contributed by atoms with Gasteiger partial charge in [-0.3, -0.25) is 0 Å². The monoisotopic (exact) mass is 285 g/mol. The van der Waals surface area contributed by atoms with Gasteiger partial charge >= 0.3 is 5.97 Å². The SMILES string of the molecule is COC(=O)c1csc(NCCCCN(C)C(C)C)n1. The molecule has 0 aliphatic heterocycles. The van der Waals surface area contributed by atoms with Crippen molar-refractivity contribution in [2.75, 3.05) is 32.6 Å². The number of aromatic nitrogens is 1. The van der Waals surface area contributed by atoms with Gasteiger partial charge in [0.25, 0.3) is 0 Å². The van der Waals surface area contributed by atoms with Crippen molar-refractivity contribution in [3.8, 4) is 0 Å². The first-order chi connectivity index (χ1) is 9.04. The highest BCUT2D eigenvalue weighted by Crippen LogP contribution is 2.15. The van der Waals surface area contributed by atoms with Crippen molar-refractivity contribution >= 4 is 22.4 Å². The van der Waals surface area contributed by atoms with Crippen molar-refractivity contribution in [3.63, 3.8) is 0 Å². The minimum Gasteiger partial charge on any atom is -0.464 e. The second-order valence-electron chi connectivity index (χ2n) is 4.74. The van der Waals surface area contributed by atoms with Crippen LogP contribution in [0, 0.1) is 0 Å². The molecule has 19 heavy (non-hydrogen) atoms. The first-order valence-electron chi connectivity index (χ1n) is 6.52. The third kappa shape index (κ3) is 5.57. The molecule has 0 saturated carbocycles. The Hall–Kier alpha value is -1.14. The Balaban J connectivity index is 2.19. The second kappa shape index (κ2) is 8.12. The zero-order valence-corrected chi connectivity index (χ0v) is 12.9. The van der Waals surface area contributed by atoms with Crippen molar-refractivity contribution in [2.45, 2.75) is 32.7 Å². The van der Waals surface area contributed by atoms with E-state index in [2.05, 4.69) is 40.8 Å². The average molecular weight is 285 g/mol. The molecular weight excluding hydrogens is 262 g/mol. The number of nitrogens with zero attached hydrogens (tertiary/aromatic N) is 2. The van der Waals surface area contributed by atoms with Crippen LogP contribution in [-0.2, 0) is 4.74 Å². The van der Waals surface area contributed by atoms with Crippen LogP contribution in [0.15, 0.2) is 5.38 Å². The summed E-state index contributed by atoms with van der Waals surface area (Å²) >= 11 is 1.43. The molecule has 0 radical (unpaired) electrons. The van der Waals surface area contributed by atoms with Crippen molar-refractivity contribution < 1.29 is 9.53 Å². The van der Waals surface area contributed by atoms with Gasteiger partial charge in [0, 0.05) is 18.0 Å². The zero-order valence-electron chi connectivity index (χ0n) is 12.1. The Bertz CT molecular complexity index is 393. The third-order valence-electron chi connectivity index (χ3n) is 2.99. The minimum atomic E-state index is -0.386. The third-order valence-corrected chi connectivity index (χ3v) is 3.79.